The van der Waals surface area contributed by atoms with Crippen LogP contribution in [0.2, 0.25) is 0 Å². The van der Waals surface area contributed by atoms with Crippen molar-refractivity contribution in [2.45, 2.75) is 13.7 Å². The van der Waals surface area contributed by atoms with Gasteiger partial charge in [0.05, 0.1) is 18.5 Å². The van der Waals surface area contributed by atoms with Gasteiger partial charge in [0, 0.05) is 19.3 Å². The topological polar surface area (TPSA) is 100 Å². The molecule has 152 valence electrons. The van der Waals surface area contributed by atoms with Crippen LogP contribution in [0.5, 0.6) is 5.75 Å². The quantitative estimate of drug-likeness (QED) is 0.632. The number of carbonyl (C=O) groups excluding carboxylic acids is 2. The summed E-state index contributed by atoms with van der Waals surface area (Å²) in [6.45, 7) is 1.48. The SMILES string of the molecule is COC(=O)c1nn(C)c(C)c1NC(=O)c1ccn(COc2ccc(F)cc2F)n1. The van der Waals surface area contributed by atoms with E-state index < -0.39 is 23.5 Å². The smallest absolute Gasteiger partial charge is 0.360 e. The van der Waals surface area contributed by atoms with Gasteiger partial charge in [-0.05, 0) is 25.1 Å². The number of amides is 1. The molecule has 1 amide bonds. The van der Waals surface area contributed by atoms with Crippen molar-refractivity contribution in [3.8, 4) is 5.75 Å². The Morgan fingerprint density at radius 1 is 1.21 bits per heavy atom. The number of anilines is 1. The number of halogens is 2. The molecule has 0 saturated carbocycles. The van der Waals surface area contributed by atoms with Gasteiger partial charge < -0.3 is 14.8 Å². The van der Waals surface area contributed by atoms with E-state index in [0.29, 0.717) is 11.8 Å². The summed E-state index contributed by atoms with van der Waals surface area (Å²) < 4.78 is 39.1. The van der Waals surface area contributed by atoms with Crippen molar-refractivity contribution in [3.05, 3.63) is 59.2 Å². The van der Waals surface area contributed by atoms with Crippen LogP contribution in [0.25, 0.3) is 0 Å². The van der Waals surface area contributed by atoms with E-state index in [1.165, 1.54) is 28.7 Å². The first kappa shape index (κ1) is 20.0. The van der Waals surface area contributed by atoms with E-state index in [1.807, 2.05) is 0 Å². The Morgan fingerprint density at radius 2 is 1.97 bits per heavy atom. The highest BCUT2D eigenvalue weighted by atomic mass is 19.1. The van der Waals surface area contributed by atoms with E-state index in [0.717, 1.165) is 12.1 Å². The van der Waals surface area contributed by atoms with Gasteiger partial charge in [-0.3, -0.25) is 9.48 Å². The number of nitrogens with one attached hydrogen (secondary N) is 1. The second kappa shape index (κ2) is 8.09. The zero-order valence-electron chi connectivity index (χ0n) is 15.8. The molecule has 0 fully saturated rings. The molecule has 9 nitrogen and oxygen atoms in total. The van der Waals surface area contributed by atoms with Gasteiger partial charge in [-0.1, -0.05) is 0 Å². The molecule has 0 bridgehead atoms. The summed E-state index contributed by atoms with van der Waals surface area (Å²) in [5.74, 6) is -2.99. The third kappa shape index (κ3) is 4.23. The molecule has 0 atom stereocenters. The van der Waals surface area contributed by atoms with E-state index >= 15 is 0 Å². The van der Waals surface area contributed by atoms with Crippen LogP contribution in [-0.4, -0.2) is 38.5 Å². The number of nitrogens with zero attached hydrogens (tertiary/aromatic N) is 4. The van der Waals surface area contributed by atoms with Crippen LogP contribution in [-0.2, 0) is 18.5 Å². The van der Waals surface area contributed by atoms with Crippen molar-refractivity contribution in [2.24, 2.45) is 7.05 Å². The van der Waals surface area contributed by atoms with Crippen molar-refractivity contribution >= 4 is 17.6 Å². The highest BCUT2D eigenvalue weighted by Gasteiger charge is 2.23. The molecule has 0 saturated heterocycles. The number of methoxy groups -OCH3 is 1. The normalized spacial score (nSPS) is 10.7. The van der Waals surface area contributed by atoms with Crippen LogP contribution < -0.4 is 10.1 Å². The summed E-state index contributed by atoms with van der Waals surface area (Å²) >= 11 is 0. The van der Waals surface area contributed by atoms with E-state index in [4.69, 9.17) is 4.74 Å². The molecular weight excluding hydrogens is 388 g/mol. The van der Waals surface area contributed by atoms with Gasteiger partial charge in [0.2, 0.25) is 0 Å². The van der Waals surface area contributed by atoms with Gasteiger partial charge in [-0.25, -0.2) is 18.3 Å². The maximum Gasteiger partial charge on any atom is 0.360 e. The molecular formula is C18H17F2N5O4. The summed E-state index contributed by atoms with van der Waals surface area (Å²) in [5, 5.41) is 10.7. The van der Waals surface area contributed by atoms with E-state index in [9.17, 15) is 18.4 Å². The van der Waals surface area contributed by atoms with Gasteiger partial charge in [0.15, 0.2) is 29.7 Å². The molecule has 0 aliphatic carbocycles. The minimum Gasteiger partial charge on any atom is -0.468 e. The Morgan fingerprint density at radius 3 is 2.66 bits per heavy atom. The highest BCUT2D eigenvalue weighted by Crippen LogP contribution is 2.21. The fourth-order valence-corrected chi connectivity index (χ4v) is 2.46. The minimum absolute atomic E-state index is 0.0320. The maximum atomic E-state index is 13.6. The Labute approximate surface area is 163 Å². The fourth-order valence-electron chi connectivity index (χ4n) is 2.46. The molecule has 1 aromatic carbocycles. The molecule has 2 heterocycles. The number of aromatic nitrogens is 4. The lowest BCUT2D eigenvalue weighted by Crippen LogP contribution is -2.17. The number of rotatable bonds is 6. The number of hydrogen-bond donors (Lipinski definition) is 1. The Balaban J connectivity index is 1.71. The summed E-state index contributed by atoms with van der Waals surface area (Å²) in [6.07, 6.45) is 1.45. The summed E-state index contributed by atoms with van der Waals surface area (Å²) in [4.78, 5) is 24.3. The third-order valence-corrected chi connectivity index (χ3v) is 4.07. The number of hydrogen-bond acceptors (Lipinski definition) is 6. The standard InChI is InChI=1S/C18H17F2N5O4/c1-10-15(16(18(27)28-3)23-24(10)2)21-17(26)13-6-7-25(22-13)9-29-14-5-4-11(19)8-12(14)20/h4-8H,9H2,1-3H3,(H,21,26). The zero-order valence-corrected chi connectivity index (χ0v) is 15.8. The number of carbonyl (C=O) groups is 2. The average Bonchev–Trinajstić information content (AvgIpc) is 3.27. The van der Waals surface area contributed by atoms with Crippen molar-refractivity contribution in [3.63, 3.8) is 0 Å². The zero-order chi connectivity index (χ0) is 21.1. The van der Waals surface area contributed by atoms with Gasteiger partial charge in [0.25, 0.3) is 5.91 Å². The van der Waals surface area contributed by atoms with Gasteiger partial charge in [-0.2, -0.15) is 10.2 Å². The molecule has 3 aromatic rings. The molecule has 0 unspecified atom stereocenters. The van der Waals surface area contributed by atoms with Gasteiger partial charge >= 0.3 is 5.97 Å². The van der Waals surface area contributed by atoms with Crippen molar-refractivity contribution in [2.75, 3.05) is 12.4 Å². The second-order valence-corrected chi connectivity index (χ2v) is 5.97. The number of aryl methyl sites for hydroxylation is 1. The fraction of sp³-hybridized carbons (Fsp3) is 0.222. The summed E-state index contributed by atoms with van der Waals surface area (Å²) in [7, 11) is 2.83. The van der Waals surface area contributed by atoms with Gasteiger partial charge in [0.1, 0.15) is 5.82 Å². The van der Waals surface area contributed by atoms with Crippen LogP contribution in [0, 0.1) is 18.6 Å². The van der Waals surface area contributed by atoms with E-state index in [2.05, 4.69) is 20.3 Å². The molecule has 3 rings (SSSR count). The Bertz CT molecular complexity index is 1080. The third-order valence-electron chi connectivity index (χ3n) is 4.07. The predicted octanol–water partition coefficient (Wildman–Crippen LogP) is 2.28. The lowest BCUT2D eigenvalue weighted by atomic mass is 10.2. The average molecular weight is 405 g/mol. The number of benzene rings is 1. The maximum absolute atomic E-state index is 13.6. The summed E-state index contributed by atoms with van der Waals surface area (Å²) in [6, 6.07) is 4.34. The Hall–Kier alpha value is -3.76. The van der Waals surface area contributed by atoms with Crippen molar-refractivity contribution < 1.29 is 27.8 Å². The molecule has 1 N–H and O–H groups in total. The molecule has 0 aliphatic rings. The molecule has 11 heteroatoms. The van der Waals surface area contributed by atoms with Crippen molar-refractivity contribution in [1.82, 2.24) is 19.6 Å². The van der Waals surface area contributed by atoms with Crippen LogP contribution in [0.15, 0.2) is 30.5 Å². The second-order valence-electron chi connectivity index (χ2n) is 5.97. The molecule has 0 aliphatic heterocycles. The van der Waals surface area contributed by atoms with E-state index in [-0.39, 0.29) is 29.6 Å². The summed E-state index contributed by atoms with van der Waals surface area (Å²) in [5.41, 5.74) is 0.763. The largest absolute Gasteiger partial charge is 0.468 e. The van der Waals surface area contributed by atoms with Crippen LogP contribution in [0.1, 0.15) is 26.7 Å². The number of esters is 1. The first-order chi connectivity index (χ1) is 13.8. The van der Waals surface area contributed by atoms with E-state index in [1.54, 1.807) is 14.0 Å². The van der Waals surface area contributed by atoms with Crippen molar-refractivity contribution in [1.29, 1.82) is 0 Å². The Kier molecular flexibility index (Phi) is 5.57. The number of ether oxygens (including phenoxy) is 2. The van der Waals surface area contributed by atoms with Crippen LogP contribution in [0.4, 0.5) is 14.5 Å². The monoisotopic (exact) mass is 405 g/mol. The molecule has 0 radical (unpaired) electrons. The first-order valence-electron chi connectivity index (χ1n) is 8.34. The molecule has 2 aromatic heterocycles. The predicted molar refractivity (Wildman–Crippen MR) is 96.5 cm³/mol. The van der Waals surface area contributed by atoms with Crippen LogP contribution in [0.3, 0.4) is 0 Å². The highest BCUT2D eigenvalue weighted by molar-refractivity contribution is 6.06. The van der Waals surface area contributed by atoms with Gasteiger partial charge in [-0.15, -0.1) is 0 Å². The molecule has 29 heavy (non-hydrogen) atoms. The molecule has 0 spiro atoms. The lowest BCUT2D eigenvalue weighted by Gasteiger charge is -2.07. The first-order valence-corrected chi connectivity index (χ1v) is 8.34. The van der Waals surface area contributed by atoms with Crippen LogP contribution >= 0.6 is 0 Å². The minimum atomic E-state index is -0.850. The lowest BCUT2D eigenvalue weighted by molar-refractivity contribution is 0.0594.